The second-order valence-electron chi connectivity index (χ2n) is 6.31. The van der Waals surface area contributed by atoms with Crippen molar-refractivity contribution < 1.29 is 19.1 Å². The van der Waals surface area contributed by atoms with Crippen LogP contribution < -0.4 is 16.1 Å². The van der Waals surface area contributed by atoms with Gasteiger partial charge >= 0.3 is 6.03 Å². The molecule has 1 aliphatic rings. The molecule has 0 radical (unpaired) electrons. The summed E-state index contributed by atoms with van der Waals surface area (Å²) in [7, 11) is 1.61. The average Bonchev–Trinajstić information content (AvgIpc) is 3.31. The van der Waals surface area contributed by atoms with Crippen LogP contribution in [0.3, 0.4) is 0 Å². The minimum atomic E-state index is -1.19. The topological polar surface area (TPSA) is 126 Å². The van der Waals surface area contributed by atoms with Gasteiger partial charge in [-0.25, -0.2) is 4.79 Å². The van der Waals surface area contributed by atoms with Crippen molar-refractivity contribution in [1.29, 1.82) is 0 Å². The number of nitrogens with zero attached hydrogens (tertiary/aromatic N) is 3. The van der Waals surface area contributed by atoms with Crippen LogP contribution in [0, 0.1) is 0 Å². The number of rotatable bonds is 10. The number of hydrazine groups is 1. The van der Waals surface area contributed by atoms with Crippen LogP contribution in [0.15, 0.2) is 34.7 Å². The van der Waals surface area contributed by atoms with Gasteiger partial charge in [-0.1, -0.05) is 60.4 Å². The summed E-state index contributed by atoms with van der Waals surface area (Å²) in [6.45, 7) is 2.95. The van der Waals surface area contributed by atoms with Gasteiger partial charge in [-0.3, -0.25) is 15.0 Å². The Labute approximate surface area is 181 Å². The summed E-state index contributed by atoms with van der Waals surface area (Å²) in [4.78, 5) is 37.7. The van der Waals surface area contributed by atoms with Gasteiger partial charge in [0, 0.05) is 13.7 Å². The van der Waals surface area contributed by atoms with Crippen molar-refractivity contribution in [3.8, 4) is 0 Å². The molecule has 4 amide bonds. The summed E-state index contributed by atoms with van der Waals surface area (Å²) in [6, 6.07) is 8.31. The molecule has 1 fully saturated rings. The van der Waals surface area contributed by atoms with Crippen molar-refractivity contribution in [3.63, 3.8) is 0 Å². The van der Waals surface area contributed by atoms with E-state index in [1.54, 1.807) is 38.3 Å². The lowest BCUT2D eigenvalue weighted by atomic mass is 9.87. The van der Waals surface area contributed by atoms with Gasteiger partial charge in [0.25, 0.3) is 5.91 Å². The number of imide groups is 1. The van der Waals surface area contributed by atoms with Crippen LogP contribution in [0.2, 0.25) is 0 Å². The molecule has 12 heteroatoms. The predicted octanol–water partition coefficient (Wildman–Crippen LogP) is 1.58. The van der Waals surface area contributed by atoms with E-state index in [0.717, 1.165) is 5.01 Å². The van der Waals surface area contributed by atoms with Crippen molar-refractivity contribution in [2.45, 2.75) is 23.2 Å². The van der Waals surface area contributed by atoms with Crippen molar-refractivity contribution in [3.05, 3.63) is 35.9 Å². The lowest BCUT2D eigenvalue weighted by Gasteiger charge is -2.25. The van der Waals surface area contributed by atoms with Crippen LogP contribution in [0.5, 0.6) is 0 Å². The van der Waals surface area contributed by atoms with Gasteiger partial charge in [0.1, 0.15) is 5.54 Å². The van der Waals surface area contributed by atoms with Crippen LogP contribution in [-0.2, 0) is 19.9 Å². The molecule has 1 aromatic heterocycles. The first-order valence-electron chi connectivity index (χ1n) is 9.21. The molecule has 160 valence electrons. The standard InChI is InChI=1S/C18H22N6O4S2/c1-3-18(12-7-5-4-6-8-12)14(26)24(16(27)20-18)23-13(25)11-29-17-22-21-15(30-17)19-9-10-28-2/h4-8H,3,9-11H2,1-2H3,(H,19,21)(H,20,27)(H,23,25). The summed E-state index contributed by atoms with van der Waals surface area (Å²) in [6.07, 6.45) is 0.354. The lowest BCUT2D eigenvalue weighted by Crippen LogP contribution is -2.49. The molecular weight excluding hydrogens is 428 g/mol. The molecule has 10 nitrogen and oxygen atoms in total. The molecule has 0 aliphatic carbocycles. The van der Waals surface area contributed by atoms with Gasteiger partial charge in [-0.2, -0.15) is 5.01 Å². The fraction of sp³-hybridized carbons (Fsp3) is 0.389. The maximum absolute atomic E-state index is 13.0. The Bertz CT molecular complexity index is 909. The summed E-state index contributed by atoms with van der Waals surface area (Å²) in [5, 5.41) is 15.1. The summed E-state index contributed by atoms with van der Waals surface area (Å²) < 4.78 is 5.54. The number of carbonyl (C=O) groups is 3. The lowest BCUT2D eigenvalue weighted by molar-refractivity contribution is -0.138. The largest absolute Gasteiger partial charge is 0.383 e. The number of methoxy groups -OCH3 is 1. The fourth-order valence-corrected chi connectivity index (χ4v) is 4.49. The maximum atomic E-state index is 13.0. The molecule has 30 heavy (non-hydrogen) atoms. The molecule has 1 aliphatic heterocycles. The molecule has 2 aromatic rings. The molecular formula is C18H22N6O4S2. The summed E-state index contributed by atoms with van der Waals surface area (Å²) in [5.41, 5.74) is 1.86. The molecule has 1 atom stereocenters. The van der Waals surface area contributed by atoms with E-state index in [4.69, 9.17) is 4.74 Å². The van der Waals surface area contributed by atoms with Crippen LogP contribution in [0.4, 0.5) is 9.93 Å². The quantitative estimate of drug-likeness (QED) is 0.283. The van der Waals surface area contributed by atoms with E-state index in [1.165, 1.54) is 23.1 Å². The number of hydrogen-bond donors (Lipinski definition) is 3. The van der Waals surface area contributed by atoms with E-state index in [9.17, 15) is 14.4 Å². The number of amides is 4. The van der Waals surface area contributed by atoms with E-state index in [1.807, 2.05) is 6.07 Å². The Morgan fingerprint density at radius 1 is 1.30 bits per heavy atom. The van der Waals surface area contributed by atoms with Crippen molar-refractivity contribution >= 4 is 46.1 Å². The predicted molar refractivity (Wildman–Crippen MR) is 113 cm³/mol. The highest BCUT2D eigenvalue weighted by atomic mass is 32.2. The van der Waals surface area contributed by atoms with Crippen LogP contribution in [0.25, 0.3) is 0 Å². The van der Waals surface area contributed by atoms with Crippen LogP contribution in [0.1, 0.15) is 18.9 Å². The van der Waals surface area contributed by atoms with E-state index in [2.05, 4.69) is 26.3 Å². The first-order valence-corrected chi connectivity index (χ1v) is 11.0. The minimum Gasteiger partial charge on any atom is -0.383 e. The van der Waals surface area contributed by atoms with Crippen LogP contribution in [-0.4, -0.2) is 59.1 Å². The van der Waals surface area contributed by atoms with Crippen molar-refractivity contribution in [2.24, 2.45) is 0 Å². The number of nitrogens with one attached hydrogen (secondary N) is 3. The molecule has 0 spiro atoms. The third-order valence-electron chi connectivity index (χ3n) is 4.44. The Morgan fingerprint density at radius 3 is 2.77 bits per heavy atom. The van der Waals surface area contributed by atoms with E-state index < -0.39 is 23.4 Å². The Kier molecular flexibility index (Phi) is 7.24. The highest BCUT2D eigenvalue weighted by Gasteiger charge is 2.52. The SMILES string of the molecule is CCC1(c2ccccc2)NC(=O)N(NC(=O)CSc2nnc(NCCOC)s2)C1=O. The summed E-state index contributed by atoms with van der Waals surface area (Å²) >= 11 is 2.47. The molecule has 3 rings (SSSR count). The summed E-state index contributed by atoms with van der Waals surface area (Å²) in [5.74, 6) is -1.03. The number of carbonyl (C=O) groups excluding carboxylic acids is 3. The molecule has 2 heterocycles. The van der Waals surface area contributed by atoms with Gasteiger partial charge in [0.05, 0.1) is 12.4 Å². The van der Waals surface area contributed by atoms with Gasteiger partial charge in [-0.15, -0.1) is 10.2 Å². The van der Waals surface area contributed by atoms with E-state index >= 15 is 0 Å². The Morgan fingerprint density at radius 2 is 2.07 bits per heavy atom. The van der Waals surface area contributed by atoms with Gasteiger partial charge in [-0.05, 0) is 12.0 Å². The van der Waals surface area contributed by atoms with Crippen LogP contribution >= 0.6 is 23.1 Å². The number of hydrogen-bond acceptors (Lipinski definition) is 9. The molecule has 0 saturated carbocycles. The van der Waals surface area contributed by atoms with E-state index in [0.29, 0.717) is 34.6 Å². The Balaban J connectivity index is 1.58. The highest BCUT2D eigenvalue weighted by molar-refractivity contribution is 8.01. The van der Waals surface area contributed by atoms with Gasteiger partial charge < -0.3 is 15.4 Å². The van der Waals surface area contributed by atoms with E-state index in [-0.39, 0.29) is 5.75 Å². The monoisotopic (exact) mass is 450 g/mol. The zero-order valence-electron chi connectivity index (χ0n) is 16.5. The average molecular weight is 451 g/mol. The number of benzene rings is 1. The van der Waals surface area contributed by atoms with Gasteiger partial charge in [0.15, 0.2) is 4.34 Å². The van der Waals surface area contributed by atoms with Crippen molar-refractivity contribution in [2.75, 3.05) is 31.3 Å². The first kappa shape index (κ1) is 22.0. The van der Waals surface area contributed by atoms with Crippen molar-refractivity contribution in [1.82, 2.24) is 25.9 Å². The number of thioether (sulfide) groups is 1. The number of aromatic nitrogens is 2. The highest BCUT2D eigenvalue weighted by Crippen LogP contribution is 2.31. The minimum absolute atomic E-state index is 0.0196. The first-order chi connectivity index (χ1) is 14.5. The normalized spacial score (nSPS) is 18.4. The molecule has 1 saturated heterocycles. The molecule has 1 unspecified atom stereocenters. The molecule has 1 aromatic carbocycles. The second kappa shape index (κ2) is 9.87. The smallest absolute Gasteiger partial charge is 0.344 e. The van der Waals surface area contributed by atoms with Gasteiger partial charge in [0.2, 0.25) is 11.0 Å². The second-order valence-corrected chi connectivity index (χ2v) is 8.51. The number of urea groups is 1. The third kappa shape index (κ3) is 4.71. The molecule has 0 bridgehead atoms. The third-order valence-corrected chi connectivity index (χ3v) is 6.45. The molecule has 3 N–H and O–H groups in total. The number of ether oxygens (including phenoxy) is 1. The zero-order chi connectivity index (χ0) is 21.6. The maximum Gasteiger partial charge on any atom is 0.344 e. The Hall–Kier alpha value is -2.70. The zero-order valence-corrected chi connectivity index (χ0v) is 18.1. The number of anilines is 1. The fourth-order valence-electron chi connectivity index (χ4n) is 2.92.